The summed E-state index contributed by atoms with van der Waals surface area (Å²) in [6, 6.07) is 6.09. The predicted octanol–water partition coefficient (Wildman–Crippen LogP) is 2.04. The summed E-state index contributed by atoms with van der Waals surface area (Å²) in [6.45, 7) is 15.7. The van der Waals surface area contributed by atoms with Crippen LogP contribution in [0.4, 0.5) is 0 Å². The third-order valence-corrected chi connectivity index (χ3v) is 9.80. The number of piperazine rings is 1. The van der Waals surface area contributed by atoms with Crippen LogP contribution in [-0.2, 0) is 39.9 Å². The Hall–Kier alpha value is -2.44. The third-order valence-electron chi connectivity index (χ3n) is 8.82. The second-order valence-corrected chi connectivity index (χ2v) is 14.8. The van der Waals surface area contributed by atoms with Gasteiger partial charge in [-0.1, -0.05) is 45.0 Å². The van der Waals surface area contributed by atoms with Crippen molar-refractivity contribution in [3.05, 3.63) is 41.0 Å². The molecule has 53 heavy (non-hydrogen) atoms. The number of halogens is 2. The van der Waals surface area contributed by atoms with Gasteiger partial charge in [0.1, 0.15) is 18.7 Å². The van der Waals surface area contributed by atoms with Crippen LogP contribution in [0.3, 0.4) is 0 Å². The van der Waals surface area contributed by atoms with Gasteiger partial charge in [-0.3, -0.25) is 19.3 Å². The molecule has 2 aliphatic heterocycles. The number of ether oxygens (including phenoxy) is 4. The van der Waals surface area contributed by atoms with Gasteiger partial charge < -0.3 is 44.9 Å². The lowest BCUT2D eigenvalue weighted by atomic mass is 9.85. The molecule has 2 saturated heterocycles. The van der Waals surface area contributed by atoms with Crippen LogP contribution in [0.2, 0.25) is 0 Å². The van der Waals surface area contributed by atoms with Crippen molar-refractivity contribution in [2.45, 2.75) is 58.8 Å². The fraction of sp³-hybridized carbons (Fsp3) is 0.667. The summed E-state index contributed by atoms with van der Waals surface area (Å²) in [5, 5.41) is 19.5. The molecule has 4 N–H and O–H groups in total. The highest BCUT2D eigenvalue weighted by Crippen LogP contribution is 2.28. The van der Waals surface area contributed by atoms with Crippen LogP contribution in [0.25, 0.3) is 10.4 Å². The average Bonchev–Trinajstić information content (AvgIpc) is 3.73. The van der Waals surface area contributed by atoms with Gasteiger partial charge in [-0.25, -0.2) is 4.98 Å². The van der Waals surface area contributed by atoms with Crippen molar-refractivity contribution in [1.29, 1.82) is 0 Å². The van der Waals surface area contributed by atoms with E-state index in [2.05, 4.69) is 25.8 Å². The van der Waals surface area contributed by atoms with Gasteiger partial charge in [0.25, 0.3) is 0 Å². The van der Waals surface area contributed by atoms with E-state index in [1.807, 2.05) is 57.5 Å². The first kappa shape index (κ1) is 46.7. The van der Waals surface area contributed by atoms with Gasteiger partial charge in [-0.2, -0.15) is 0 Å². The fourth-order valence-corrected chi connectivity index (χ4v) is 6.75. The Balaban J connectivity index is 0.00000486. The number of aromatic nitrogens is 1. The number of hydrogen-bond donors (Lipinski definition) is 4. The van der Waals surface area contributed by atoms with Crippen LogP contribution in [-0.4, -0.2) is 148 Å². The Kier molecular flexibility index (Phi) is 21.3. The highest BCUT2D eigenvalue weighted by atomic mass is 35.5. The Morgan fingerprint density at radius 2 is 1.57 bits per heavy atom. The number of aryl methyl sites for hydroxylation is 1. The van der Waals surface area contributed by atoms with Crippen molar-refractivity contribution in [2.24, 2.45) is 5.41 Å². The minimum atomic E-state index is -0.934. The number of aliphatic hydroxyl groups excluding tert-OH is 1. The number of hydrogen-bond acceptors (Lipinski definition) is 12. The molecule has 0 bridgehead atoms. The monoisotopic (exact) mass is 804 g/mol. The number of amides is 3. The number of nitrogens with zero attached hydrogens (tertiary/aromatic N) is 3. The van der Waals surface area contributed by atoms with Crippen LogP contribution in [0.5, 0.6) is 0 Å². The maximum Gasteiger partial charge on any atom is 0.246 e. The molecule has 4 rings (SSSR count). The van der Waals surface area contributed by atoms with Crippen LogP contribution >= 0.6 is 36.2 Å². The predicted molar refractivity (Wildman–Crippen MR) is 209 cm³/mol. The molecule has 14 nitrogen and oxygen atoms in total. The number of rotatable bonds is 20. The van der Waals surface area contributed by atoms with E-state index < -0.39 is 35.4 Å². The van der Waals surface area contributed by atoms with Gasteiger partial charge >= 0.3 is 0 Å². The number of nitrogens with one attached hydrogen (secondary N) is 3. The standard InChI is InChI=1S/C36H56N6O8S.2ClH/c1-26-32(51-25-39-26)28-7-5-27(6-8-28)22-38-34(45)30-21-29(43)23-42(30)35(46)33(36(2,3)4)40-31(44)24-50-20-19-49-18-17-48-16-15-47-14-13-41-11-9-37-10-12-41;;/h5-8,25,29-30,33,37,43H,9-24H2,1-4H3,(H,38,45)(H,40,44);2*1H/t29-,30+,33-;;/m1../s1. The van der Waals surface area contributed by atoms with E-state index in [9.17, 15) is 19.5 Å². The van der Waals surface area contributed by atoms with Gasteiger partial charge in [0.05, 0.1) is 68.4 Å². The van der Waals surface area contributed by atoms with Crippen LogP contribution < -0.4 is 16.0 Å². The number of carbonyl (C=O) groups is 3. The molecular weight excluding hydrogens is 747 g/mol. The molecule has 300 valence electrons. The zero-order valence-electron chi connectivity index (χ0n) is 31.3. The van der Waals surface area contributed by atoms with Gasteiger partial charge in [0, 0.05) is 52.2 Å². The smallest absolute Gasteiger partial charge is 0.246 e. The highest BCUT2D eigenvalue weighted by Gasteiger charge is 2.44. The summed E-state index contributed by atoms with van der Waals surface area (Å²) in [6.07, 6.45) is -0.733. The third kappa shape index (κ3) is 15.7. The van der Waals surface area contributed by atoms with Crippen molar-refractivity contribution < 1.29 is 38.4 Å². The molecule has 17 heteroatoms. The first-order valence-corrected chi connectivity index (χ1v) is 18.7. The van der Waals surface area contributed by atoms with Crippen molar-refractivity contribution in [3.8, 4) is 10.4 Å². The fourth-order valence-electron chi connectivity index (χ4n) is 5.94. The Morgan fingerprint density at radius 3 is 2.15 bits per heavy atom. The van der Waals surface area contributed by atoms with E-state index in [1.165, 1.54) is 4.90 Å². The Labute approximate surface area is 329 Å². The van der Waals surface area contributed by atoms with Crippen LogP contribution in [0, 0.1) is 12.3 Å². The van der Waals surface area contributed by atoms with Gasteiger partial charge in [0.15, 0.2) is 0 Å². The maximum atomic E-state index is 13.8. The lowest BCUT2D eigenvalue weighted by Gasteiger charge is -2.35. The van der Waals surface area contributed by atoms with E-state index >= 15 is 0 Å². The Morgan fingerprint density at radius 1 is 0.962 bits per heavy atom. The second kappa shape index (κ2) is 24.2. The van der Waals surface area contributed by atoms with Crippen LogP contribution in [0.1, 0.15) is 38.4 Å². The normalized spacial score (nSPS) is 18.2. The summed E-state index contributed by atoms with van der Waals surface area (Å²) in [7, 11) is 0. The number of thiazole rings is 1. The zero-order chi connectivity index (χ0) is 36.6. The van der Waals surface area contributed by atoms with Crippen molar-refractivity contribution in [1.82, 2.24) is 30.7 Å². The molecule has 1 aromatic carbocycles. The summed E-state index contributed by atoms with van der Waals surface area (Å²) < 4.78 is 22.2. The van der Waals surface area contributed by atoms with Crippen molar-refractivity contribution >= 4 is 53.9 Å². The van der Waals surface area contributed by atoms with E-state index in [-0.39, 0.29) is 70.1 Å². The molecule has 2 aliphatic rings. The molecule has 3 atom stereocenters. The minimum absolute atomic E-state index is 0. The number of carbonyl (C=O) groups excluding carboxylic acids is 3. The first-order chi connectivity index (χ1) is 24.5. The minimum Gasteiger partial charge on any atom is -0.391 e. The van der Waals surface area contributed by atoms with Gasteiger partial charge in [-0.15, -0.1) is 36.2 Å². The highest BCUT2D eigenvalue weighted by molar-refractivity contribution is 7.13. The number of benzene rings is 1. The SMILES string of the molecule is Cc1ncsc1-c1ccc(CNC(=O)[C@@H]2C[C@@H](O)CN2C(=O)[C@@H](NC(=O)COCCOCCOCCOCCN2CCNCC2)C(C)(C)C)cc1.Cl.Cl. The molecule has 0 radical (unpaired) electrons. The number of likely N-dealkylation sites (tertiary alicyclic amines) is 1. The van der Waals surface area contributed by atoms with Crippen LogP contribution in [0.15, 0.2) is 29.8 Å². The summed E-state index contributed by atoms with van der Waals surface area (Å²) >= 11 is 1.58. The van der Waals surface area contributed by atoms with Gasteiger partial charge in [0.2, 0.25) is 17.7 Å². The molecule has 2 aromatic rings. The molecule has 1 aromatic heterocycles. The lowest BCUT2D eigenvalue weighted by Crippen LogP contribution is -2.58. The van der Waals surface area contributed by atoms with Crippen molar-refractivity contribution in [2.75, 3.05) is 92.1 Å². The molecular formula is C36H58Cl2N6O8S. The topological polar surface area (TPSA) is 164 Å². The van der Waals surface area contributed by atoms with Gasteiger partial charge in [-0.05, 0) is 23.5 Å². The van der Waals surface area contributed by atoms with E-state index in [0.717, 1.165) is 54.4 Å². The molecule has 0 saturated carbocycles. The Bertz CT molecular complexity index is 1380. The van der Waals surface area contributed by atoms with E-state index in [0.29, 0.717) is 33.0 Å². The molecule has 0 unspecified atom stereocenters. The number of β-amino-alcohol motifs (C(OH)–C–C–N with tert-alkyl or cyclic N) is 1. The summed E-state index contributed by atoms with van der Waals surface area (Å²) in [4.78, 5) is 49.1. The molecule has 0 spiro atoms. The average molecular weight is 806 g/mol. The second-order valence-electron chi connectivity index (χ2n) is 13.9. The largest absolute Gasteiger partial charge is 0.391 e. The van der Waals surface area contributed by atoms with E-state index in [1.54, 1.807) is 11.3 Å². The zero-order valence-corrected chi connectivity index (χ0v) is 33.8. The molecule has 0 aliphatic carbocycles. The summed E-state index contributed by atoms with van der Waals surface area (Å²) in [5.41, 5.74) is 4.08. The first-order valence-electron chi connectivity index (χ1n) is 17.8. The molecule has 3 amide bonds. The van der Waals surface area contributed by atoms with Crippen molar-refractivity contribution in [3.63, 3.8) is 0 Å². The molecule has 3 heterocycles. The summed E-state index contributed by atoms with van der Waals surface area (Å²) in [5.74, 6) is -1.24. The molecule has 2 fully saturated rings. The quantitative estimate of drug-likeness (QED) is 0.145. The lowest BCUT2D eigenvalue weighted by molar-refractivity contribution is -0.144. The maximum absolute atomic E-state index is 13.8. The van der Waals surface area contributed by atoms with E-state index in [4.69, 9.17) is 18.9 Å². The number of aliphatic hydroxyl groups is 1.